The number of ether oxygens (including phenoxy) is 2. The summed E-state index contributed by atoms with van der Waals surface area (Å²) in [7, 11) is -16.7. The van der Waals surface area contributed by atoms with Gasteiger partial charge in [0.05, 0.1) is 13.2 Å². The maximum atomic E-state index is 11.9. The molecule has 1 N–H and O–H groups in total. The molecule has 0 aliphatic heterocycles. The molecule has 0 heterocycles. The summed E-state index contributed by atoms with van der Waals surface area (Å²) in [4.78, 5) is 11.9. The van der Waals surface area contributed by atoms with E-state index in [0.29, 0.717) is 12.5 Å². The molecule has 0 bridgehead atoms. The van der Waals surface area contributed by atoms with E-state index in [0.717, 1.165) is 6.08 Å². The lowest BCUT2D eigenvalue weighted by Crippen LogP contribution is -2.68. The van der Waals surface area contributed by atoms with Gasteiger partial charge in [-0.05, 0) is 117 Å². The van der Waals surface area contributed by atoms with Crippen LogP contribution < -0.4 is 0 Å². The van der Waals surface area contributed by atoms with Crippen molar-refractivity contribution in [3.8, 4) is 0 Å². The highest BCUT2D eigenvalue weighted by Crippen LogP contribution is 2.35. The molecule has 0 aromatic rings. The van der Waals surface area contributed by atoms with Crippen molar-refractivity contribution < 1.29 is 40.0 Å². The first-order valence-electron chi connectivity index (χ1n) is 14.6. The molecule has 0 radical (unpaired) electrons. The quantitative estimate of drug-likeness (QED) is 0.0848. The van der Waals surface area contributed by atoms with Gasteiger partial charge in [-0.3, -0.25) is 0 Å². The molecule has 0 aliphatic rings. The molecule has 0 saturated heterocycles. The molecule has 0 fully saturated rings. The minimum atomic E-state index is -3.52. The van der Waals surface area contributed by atoms with Gasteiger partial charge < -0.3 is 35.2 Å². The molecule has 0 aromatic heterocycles. The summed E-state index contributed by atoms with van der Waals surface area (Å²) < 4.78 is 46.6. The topological polar surface area (TPSA) is 102 Å². The van der Waals surface area contributed by atoms with Crippen molar-refractivity contribution >= 4 is 64.9 Å². The standard InChI is InChI=1S/C25H62O9Si7/c1-18-24(27)29-23(21-26)22-28-25(19-20-40(17,30-35(2,3)4)31-36(5,6)7)41(32-37(8,9)10,33-38(11,12)13)34-39(14,15)16/h18,23,25-26H,1,19-22H2,2-17H3. The summed E-state index contributed by atoms with van der Waals surface area (Å²) in [6.45, 7) is 37.6. The molecule has 2 unspecified atom stereocenters. The normalized spacial score (nSPS) is 15.9. The lowest BCUT2D eigenvalue weighted by atomic mass is 10.4. The summed E-state index contributed by atoms with van der Waals surface area (Å²) in [5.41, 5.74) is -0.563. The predicted octanol–water partition coefficient (Wildman–Crippen LogP) is 6.66. The first-order valence-corrected chi connectivity index (χ1v) is 36.0. The van der Waals surface area contributed by atoms with Crippen LogP contribution in [0.25, 0.3) is 0 Å². The number of rotatable bonds is 20. The van der Waals surface area contributed by atoms with Crippen molar-refractivity contribution in [3.63, 3.8) is 0 Å². The Hall–Kier alpha value is 0.448. The third-order valence-corrected chi connectivity index (χ3v) is 26.3. The van der Waals surface area contributed by atoms with E-state index >= 15 is 0 Å². The van der Waals surface area contributed by atoms with Gasteiger partial charge in [0, 0.05) is 6.08 Å². The van der Waals surface area contributed by atoms with E-state index in [1.807, 2.05) is 0 Å². The van der Waals surface area contributed by atoms with Gasteiger partial charge in [0.15, 0.2) is 41.6 Å². The van der Waals surface area contributed by atoms with Crippen LogP contribution in [0.2, 0.25) is 111 Å². The van der Waals surface area contributed by atoms with E-state index in [1.54, 1.807) is 0 Å². The predicted molar refractivity (Wildman–Crippen MR) is 186 cm³/mol. The fraction of sp³-hybridized carbons (Fsp3) is 0.880. The van der Waals surface area contributed by atoms with Crippen LogP contribution in [0.4, 0.5) is 0 Å². The number of hydrogen-bond acceptors (Lipinski definition) is 9. The second kappa shape index (κ2) is 15.6. The molecule has 0 rings (SSSR count). The maximum Gasteiger partial charge on any atom is 0.500 e. The highest BCUT2D eigenvalue weighted by molar-refractivity contribution is 6.91. The Bertz CT molecular complexity index is 769. The summed E-state index contributed by atoms with van der Waals surface area (Å²) in [5, 5.41) is 9.98. The third-order valence-electron chi connectivity index (χ3n) is 4.78. The van der Waals surface area contributed by atoms with Crippen LogP contribution in [0, 0.1) is 0 Å². The lowest BCUT2D eigenvalue weighted by Gasteiger charge is -2.47. The van der Waals surface area contributed by atoms with Crippen LogP contribution >= 0.6 is 0 Å². The highest BCUT2D eigenvalue weighted by atomic mass is 28.5. The summed E-state index contributed by atoms with van der Waals surface area (Å²) in [5.74, 6) is -0.616. The van der Waals surface area contributed by atoms with Crippen molar-refractivity contribution in [2.24, 2.45) is 0 Å². The summed E-state index contributed by atoms with van der Waals surface area (Å²) >= 11 is 0. The molecule has 244 valence electrons. The van der Waals surface area contributed by atoms with Crippen LogP contribution in [0.1, 0.15) is 6.42 Å². The fourth-order valence-corrected chi connectivity index (χ4v) is 31.3. The van der Waals surface area contributed by atoms with E-state index < -0.39 is 76.8 Å². The number of hydrogen-bond donors (Lipinski definition) is 1. The zero-order valence-electron chi connectivity index (χ0n) is 29.0. The SMILES string of the molecule is C=CC(=O)OC(CO)COC(CC[Si](C)(O[Si](C)(C)C)O[Si](C)(C)C)[Si](O[Si](C)(C)C)(O[Si](C)(C)C)O[Si](C)(C)C. The Labute approximate surface area is 258 Å². The van der Waals surface area contributed by atoms with Crippen LogP contribution in [0.5, 0.6) is 0 Å². The molecule has 0 aromatic carbocycles. The number of aliphatic hydroxyl groups is 1. The Morgan fingerprint density at radius 2 is 1.05 bits per heavy atom. The Kier molecular flexibility index (Phi) is 15.8. The van der Waals surface area contributed by atoms with Crippen molar-refractivity contribution in [2.45, 2.75) is 129 Å². The number of carbonyl (C=O) groups is 1. The average Bonchev–Trinajstić information content (AvgIpc) is 2.65. The van der Waals surface area contributed by atoms with Crippen molar-refractivity contribution in [3.05, 3.63) is 12.7 Å². The van der Waals surface area contributed by atoms with Crippen LogP contribution in [0.3, 0.4) is 0 Å². The van der Waals surface area contributed by atoms with Gasteiger partial charge in [0.1, 0.15) is 11.8 Å². The summed E-state index contributed by atoms with van der Waals surface area (Å²) in [6, 6.07) is 0.663. The van der Waals surface area contributed by atoms with Crippen molar-refractivity contribution in [1.82, 2.24) is 0 Å². The fourth-order valence-electron chi connectivity index (χ4n) is 4.27. The number of aliphatic hydroxyl groups excluding tert-OH is 1. The molecule has 0 saturated carbocycles. The van der Waals surface area contributed by atoms with E-state index in [4.69, 9.17) is 30.0 Å². The van der Waals surface area contributed by atoms with Crippen LogP contribution in [-0.4, -0.2) is 95.1 Å². The third kappa shape index (κ3) is 19.4. The second-order valence-corrected chi connectivity index (χ2v) is 45.4. The molecule has 41 heavy (non-hydrogen) atoms. The minimum absolute atomic E-state index is 0.0311. The molecule has 9 nitrogen and oxygen atoms in total. The van der Waals surface area contributed by atoms with Gasteiger partial charge in [-0.1, -0.05) is 6.58 Å². The van der Waals surface area contributed by atoms with Gasteiger partial charge in [0.2, 0.25) is 0 Å². The largest absolute Gasteiger partial charge is 0.500 e. The minimum Gasteiger partial charge on any atom is -0.454 e. The van der Waals surface area contributed by atoms with E-state index in [1.165, 1.54) is 0 Å². The molecule has 0 spiro atoms. The zero-order chi connectivity index (χ0) is 32.7. The lowest BCUT2D eigenvalue weighted by molar-refractivity contribution is -0.149. The van der Waals surface area contributed by atoms with Gasteiger partial charge in [-0.15, -0.1) is 0 Å². The zero-order valence-corrected chi connectivity index (χ0v) is 36.0. The second-order valence-electron chi connectivity index (χ2n) is 15.6. The first-order chi connectivity index (χ1) is 18.0. The van der Waals surface area contributed by atoms with Gasteiger partial charge in [-0.25, -0.2) is 4.79 Å². The van der Waals surface area contributed by atoms with Gasteiger partial charge >= 0.3 is 23.3 Å². The van der Waals surface area contributed by atoms with Gasteiger partial charge in [0.25, 0.3) is 0 Å². The van der Waals surface area contributed by atoms with E-state index in [9.17, 15) is 9.90 Å². The smallest absolute Gasteiger partial charge is 0.454 e. The Morgan fingerprint density at radius 3 is 1.34 bits per heavy atom. The molecule has 0 amide bonds. The Morgan fingerprint density at radius 1 is 0.683 bits per heavy atom. The molecule has 0 aliphatic carbocycles. The van der Waals surface area contributed by atoms with E-state index in [-0.39, 0.29) is 13.2 Å². The van der Waals surface area contributed by atoms with Gasteiger partial charge in [-0.2, -0.15) is 0 Å². The molecule has 16 heteroatoms. The Balaban J connectivity index is 6.92. The maximum absolute atomic E-state index is 11.9. The molecule has 2 atom stereocenters. The number of carbonyl (C=O) groups excluding carboxylic acids is 1. The highest BCUT2D eigenvalue weighted by Gasteiger charge is 2.57. The molecular formula is C25H62O9Si7. The first kappa shape index (κ1) is 41.4. The van der Waals surface area contributed by atoms with E-state index in [2.05, 4.69) is 111 Å². The monoisotopic (exact) mass is 702 g/mol. The van der Waals surface area contributed by atoms with Crippen LogP contribution in [-0.2, 0) is 34.8 Å². The summed E-state index contributed by atoms with van der Waals surface area (Å²) in [6.07, 6.45) is 0.756. The molecular weight excluding hydrogens is 641 g/mol. The van der Waals surface area contributed by atoms with Crippen molar-refractivity contribution in [1.29, 1.82) is 0 Å². The average molecular weight is 703 g/mol. The van der Waals surface area contributed by atoms with Crippen LogP contribution in [0.15, 0.2) is 12.7 Å². The van der Waals surface area contributed by atoms with Crippen molar-refractivity contribution in [2.75, 3.05) is 13.2 Å². The number of esters is 1.